The molecule has 0 aliphatic heterocycles. The second-order valence-electron chi connectivity index (χ2n) is 2.93. The van der Waals surface area contributed by atoms with Crippen LogP contribution in [0.4, 0.5) is 0 Å². The molecule has 6 atom stereocenters. The van der Waals surface area contributed by atoms with Gasteiger partial charge in [0.15, 0.2) is 0 Å². The Balaban J connectivity index is -0.000000187. The predicted molar refractivity (Wildman–Crippen MR) is 51.2 cm³/mol. The number of hydrogen-bond acceptors (Lipinski definition) is 8. The van der Waals surface area contributed by atoms with Crippen LogP contribution < -0.4 is 59.1 Å². The second kappa shape index (κ2) is 12.6. The molecular weight excluding hydrogens is 294 g/mol. The van der Waals surface area contributed by atoms with Crippen LogP contribution in [0, 0.1) is 0 Å². The summed E-state index contributed by atoms with van der Waals surface area (Å²) in [6, 6.07) is 0. The van der Waals surface area contributed by atoms with Gasteiger partial charge in [0.2, 0.25) is 6.29 Å². The van der Waals surface area contributed by atoms with Crippen molar-refractivity contribution in [1.29, 1.82) is 0 Å². The van der Waals surface area contributed by atoms with Gasteiger partial charge in [0.05, 0.1) is 6.61 Å². The number of aliphatic hydroxyl groups is 6. The minimum atomic E-state index is -2.87. The van der Waals surface area contributed by atoms with Crippen LogP contribution in [0.1, 0.15) is 2.85 Å². The van der Waals surface area contributed by atoms with Crippen molar-refractivity contribution in [2.24, 2.45) is 0 Å². The fraction of sp³-hybridized carbons (Fsp3) is 1.00. The van der Waals surface area contributed by atoms with Crippen molar-refractivity contribution in [3.8, 4) is 0 Å². The van der Waals surface area contributed by atoms with E-state index in [9.17, 15) is 9.32 Å². The Hall–Kier alpha value is 1.83. The molecule has 0 amide bonds. The fourth-order valence-electron chi connectivity index (χ4n) is 0.848. The molecule has 102 valence electrons. The van der Waals surface area contributed by atoms with E-state index in [1.165, 1.54) is 0 Å². The van der Waals surface area contributed by atoms with Gasteiger partial charge < -0.3 is 33.5 Å². The molecule has 0 aliphatic rings. The van der Waals surface area contributed by atoms with E-state index in [2.05, 4.69) is 4.18 Å². The second-order valence-corrected chi connectivity index (χ2v) is 3.55. The Morgan fingerprint density at radius 3 is 1.78 bits per heavy atom. The van der Waals surface area contributed by atoms with Gasteiger partial charge in [-0.15, -0.1) is 0 Å². The molecule has 0 bridgehead atoms. The minimum Gasteiger partial charge on any atom is -1.00 e. The summed E-state index contributed by atoms with van der Waals surface area (Å²) < 4.78 is 22.1. The third-order valence-corrected chi connectivity index (χ3v) is 2.12. The third-order valence-electron chi connectivity index (χ3n) is 1.75. The van der Waals surface area contributed by atoms with E-state index >= 15 is 0 Å². The topological polar surface area (TPSA) is 168 Å². The first-order valence-electron chi connectivity index (χ1n) is 4.10. The van der Waals surface area contributed by atoms with Crippen LogP contribution in [0.2, 0.25) is 0 Å². The monoisotopic (exact) mass is 310 g/mol. The maximum absolute atomic E-state index is 10.1. The van der Waals surface area contributed by atoms with E-state index in [1.807, 2.05) is 0 Å². The first-order chi connectivity index (χ1) is 7.31. The van der Waals surface area contributed by atoms with Crippen molar-refractivity contribution >= 4 is 11.4 Å². The van der Waals surface area contributed by atoms with Crippen LogP contribution in [-0.4, -0.2) is 76.7 Å². The van der Waals surface area contributed by atoms with E-state index in [1.54, 1.807) is 0 Å². The van der Waals surface area contributed by atoms with Crippen LogP contribution in [0.15, 0.2) is 0 Å². The van der Waals surface area contributed by atoms with E-state index in [-0.39, 0.29) is 62.0 Å². The van der Waals surface area contributed by atoms with Crippen LogP contribution >= 0.6 is 0 Å². The first kappa shape index (κ1) is 24.8. The van der Waals surface area contributed by atoms with Crippen molar-refractivity contribution in [3.05, 3.63) is 0 Å². The Morgan fingerprint density at radius 1 is 1.00 bits per heavy atom. The van der Waals surface area contributed by atoms with E-state index < -0.39 is 48.7 Å². The summed E-state index contributed by atoms with van der Waals surface area (Å²) in [5.74, 6) is 0. The summed E-state index contributed by atoms with van der Waals surface area (Å²) in [6.07, 6.45) is -10.1. The predicted octanol–water partition coefficient (Wildman–Crippen LogP) is -9.87. The summed E-state index contributed by atoms with van der Waals surface area (Å²) in [4.78, 5) is 0. The maximum Gasteiger partial charge on any atom is 1.00 e. The van der Waals surface area contributed by atoms with E-state index in [0.29, 0.717) is 0 Å². The molecule has 7 N–H and O–H groups in total. The Kier molecular flexibility index (Phi) is 17.3. The normalized spacial score (nSPS) is 20.6. The molecule has 0 rings (SSSR count). The minimum absolute atomic E-state index is 0. The maximum atomic E-state index is 10.1. The van der Waals surface area contributed by atoms with Gasteiger partial charge in [-0.25, -0.2) is 4.18 Å². The van der Waals surface area contributed by atoms with Gasteiger partial charge in [-0.05, 0) is 0 Å². The average molecular weight is 310 g/mol. The van der Waals surface area contributed by atoms with Crippen LogP contribution in [-0.2, 0) is 15.5 Å². The summed E-state index contributed by atoms with van der Waals surface area (Å²) in [5.41, 5.74) is 0. The Morgan fingerprint density at radius 2 is 1.44 bits per heavy atom. The molecule has 0 saturated carbocycles. The number of aliphatic hydroxyl groups excluding tert-OH is 6. The number of rotatable bonds is 7. The number of hydrogen-bond donors (Lipinski definition) is 7. The van der Waals surface area contributed by atoms with Gasteiger partial charge in [0.25, 0.3) is 0 Å². The molecule has 18 heavy (non-hydrogen) atoms. The smallest absolute Gasteiger partial charge is 1.00 e. The molecule has 9 nitrogen and oxygen atoms in total. The molecule has 12 heteroatoms. The van der Waals surface area contributed by atoms with Crippen molar-refractivity contribution in [2.45, 2.75) is 30.7 Å². The summed E-state index contributed by atoms with van der Waals surface area (Å²) >= 11 is -2.87. The van der Waals surface area contributed by atoms with Crippen LogP contribution in [0.25, 0.3) is 0 Å². The molecule has 0 fully saturated rings. The van der Waals surface area contributed by atoms with Crippen molar-refractivity contribution in [1.82, 2.24) is 0 Å². The molecule has 0 heterocycles. The Bertz CT molecular complexity index is 242. The van der Waals surface area contributed by atoms with Gasteiger partial charge in [0.1, 0.15) is 24.4 Å². The fourth-order valence-corrected chi connectivity index (χ4v) is 1.13. The zero-order valence-electron chi connectivity index (χ0n) is 11.9. The van der Waals surface area contributed by atoms with Crippen LogP contribution in [0.3, 0.4) is 0 Å². The van der Waals surface area contributed by atoms with Crippen LogP contribution in [0.5, 0.6) is 0 Å². The molecule has 0 aromatic rings. The summed E-state index contributed by atoms with van der Waals surface area (Å²) in [5, 5.41) is 53.7. The van der Waals surface area contributed by atoms with E-state index in [4.69, 9.17) is 30.1 Å². The average Bonchev–Trinajstić information content (AvgIpc) is 2.23. The molecule has 2 unspecified atom stereocenters. The standard InChI is InChI=1S/C6H14O9S.2Na.2H/c7-1-2(8)3(9)4(10)5(11)6(12)15-16(13)14;;;;/h2-12H,1H2,(H,13,14);;;;/q;2*+1;2*-1/t2-,3-,4+,5+,6?;;;;/m1..../s1. The molecule has 0 radical (unpaired) electrons. The first-order valence-corrected chi connectivity index (χ1v) is 5.13. The van der Waals surface area contributed by atoms with Gasteiger partial charge in [-0.2, -0.15) is 4.21 Å². The van der Waals surface area contributed by atoms with Crippen molar-refractivity contribution in [2.75, 3.05) is 6.61 Å². The SMILES string of the molecule is O=S(O)OC(O)[C@@H](O)[C@@H](O)[C@H](O)[C@H](O)CO.[H-].[H-].[Na+].[Na+]. The summed E-state index contributed by atoms with van der Waals surface area (Å²) in [6.45, 7) is -0.881. The zero-order valence-corrected chi connectivity index (χ0v) is 14.8. The van der Waals surface area contributed by atoms with Gasteiger partial charge >= 0.3 is 70.5 Å². The zero-order chi connectivity index (χ0) is 12.9. The van der Waals surface area contributed by atoms with Gasteiger partial charge in [-0.3, -0.25) is 4.55 Å². The third kappa shape index (κ3) is 8.89. The van der Waals surface area contributed by atoms with Crippen molar-refractivity contribution < 1.29 is 106 Å². The molecule has 0 spiro atoms. The molecular formula is C6H16Na2O9S. The summed E-state index contributed by atoms with van der Waals surface area (Å²) in [7, 11) is 0. The van der Waals surface area contributed by atoms with Crippen molar-refractivity contribution in [3.63, 3.8) is 0 Å². The molecule has 0 aromatic carbocycles. The van der Waals surface area contributed by atoms with E-state index in [0.717, 1.165) is 0 Å². The Labute approximate surface area is 153 Å². The van der Waals surface area contributed by atoms with Gasteiger partial charge in [-0.1, -0.05) is 0 Å². The molecule has 0 aliphatic carbocycles. The van der Waals surface area contributed by atoms with Gasteiger partial charge in [0, 0.05) is 0 Å². The molecule has 0 aromatic heterocycles. The quantitative estimate of drug-likeness (QED) is 0.137. The molecule has 0 saturated heterocycles. The largest absolute Gasteiger partial charge is 1.00 e.